The summed E-state index contributed by atoms with van der Waals surface area (Å²) in [4.78, 5) is 0. The third-order valence-corrected chi connectivity index (χ3v) is 16.8. The zero-order valence-corrected chi connectivity index (χ0v) is 18.7. The SMILES string of the molecule is CC1=C(C)C(C)([SiH](Br)C2(C)C(C)=C(C)C(C)=C2C)C(C)=C1C. The second kappa shape index (κ2) is 5.34. The Morgan fingerprint density at radius 3 is 0.909 bits per heavy atom. The molecule has 0 nitrogen and oxygen atoms in total. The molecule has 122 valence electrons. The first kappa shape index (κ1) is 18.0. The van der Waals surface area contributed by atoms with Crippen LogP contribution < -0.4 is 0 Å². The number of halogens is 1. The molecule has 0 amide bonds. The molecule has 0 saturated carbocycles. The molecule has 0 saturated heterocycles. The molecule has 0 heterocycles. The Kier molecular flexibility index (Phi) is 4.37. The first-order chi connectivity index (χ1) is 9.93. The van der Waals surface area contributed by atoms with Crippen LogP contribution in [0.1, 0.15) is 69.2 Å². The second-order valence-corrected chi connectivity index (χ2v) is 13.5. The molecule has 0 atom stereocenters. The highest BCUT2D eigenvalue weighted by atomic mass is 79.9. The van der Waals surface area contributed by atoms with Crippen molar-refractivity contribution in [2.24, 2.45) is 0 Å². The summed E-state index contributed by atoms with van der Waals surface area (Å²) in [6.07, 6.45) is 0. The van der Waals surface area contributed by atoms with Gasteiger partial charge < -0.3 is 0 Å². The predicted molar refractivity (Wildman–Crippen MR) is 106 cm³/mol. The van der Waals surface area contributed by atoms with Gasteiger partial charge in [-0.15, -0.1) is 15.3 Å². The van der Waals surface area contributed by atoms with E-state index in [0.717, 1.165) is 0 Å². The monoisotopic (exact) mass is 378 g/mol. The third kappa shape index (κ3) is 1.92. The smallest absolute Gasteiger partial charge is 0.128 e. The summed E-state index contributed by atoms with van der Waals surface area (Å²) < 4.78 is 0. The molecule has 0 aliphatic heterocycles. The molecule has 22 heavy (non-hydrogen) atoms. The van der Waals surface area contributed by atoms with Gasteiger partial charge in [0.25, 0.3) is 0 Å². The van der Waals surface area contributed by atoms with Gasteiger partial charge in [-0.3, -0.25) is 0 Å². The van der Waals surface area contributed by atoms with Gasteiger partial charge in [0.1, 0.15) is 7.42 Å². The van der Waals surface area contributed by atoms with E-state index in [4.69, 9.17) is 0 Å². The van der Waals surface area contributed by atoms with Crippen molar-refractivity contribution in [3.8, 4) is 0 Å². The molecule has 0 bridgehead atoms. The van der Waals surface area contributed by atoms with Crippen LogP contribution in [0.2, 0.25) is 10.1 Å². The Morgan fingerprint density at radius 2 is 0.727 bits per heavy atom. The molecule has 2 aliphatic carbocycles. The first-order valence-electron chi connectivity index (χ1n) is 8.30. The highest BCUT2D eigenvalue weighted by molar-refractivity contribution is 9.24. The van der Waals surface area contributed by atoms with E-state index in [-0.39, 0.29) is 10.1 Å². The van der Waals surface area contributed by atoms with E-state index in [1.165, 1.54) is 22.3 Å². The van der Waals surface area contributed by atoms with Crippen LogP contribution in [0.15, 0.2) is 44.6 Å². The van der Waals surface area contributed by atoms with E-state index in [2.05, 4.69) is 84.5 Å². The molecular formula is C20H31BrSi. The average Bonchev–Trinajstić information content (AvgIpc) is 2.75. The minimum absolute atomic E-state index is 0.219. The summed E-state index contributed by atoms with van der Waals surface area (Å²) in [5, 5.41) is 0.437. The highest BCUT2D eigenvalue weighted by Gasteiger charge is 2.54. The number of hydrogen-bond acceptors (Lipinski definition) is 0. The van der Waals surface area contributed by atoms with Gasteiger partial charge in [-0.25, -0.2) is 0 Å². The van der Waals surface area contributed by atoms with Crippen molar-refractivity contribution in [3.63, 3.8) is 0 Å². The molecule has 0 radical (unpaired) electrons. The minimum Gasteiger partial charge on any atom is -0.128 e. The van der Waals surface area contributed by atoms with Crippen LogP contribution in [-0.2, 0) is 0 Å². The van der Waals surface area contributed by atoms with Crippen molar-refractivity contribution < 1.29 is 0 Å². The molecule has 0 fully saturated rings. The normalized spacial score (nSPS) is 24.5. The van der Waals surface area contributed by atoms with E-state index >= 15 is 0 Å². The fourth-order valence-corrected chi connectivity index (χ4v) is 12.2. The van der Waals surface area contributed by atoms with Crippen molar-refractivity contribution in [2.45, 2.75) is 79.3 Å². The van der Waals surface area contributed by atoms with E-state index in [9.17, 15) is 0 Å². The Hall–Kier alpha value is -0.343. The Morgan fingerprint density at radius 1 is 0.545 bits per heavy atom. The third-order valence-electron chi connectivity index (χ3n) is 7.50. The van der Waals surface area contributed by atoms with Gasteiger partial charge in [0.05, 0.1) is 0 Å². The van der Waals surface area contributed by atoms with Crippen LogP contribution in [0.5, 0.6) is 0 Å². The van der Waals surface area contributed by atoms with Crippen LogP contribution in [0.25, 0.3) is 0 Å². The summed E-state index contributed by atoms with van der Waals surface area (Å²) in [6, 6.07) is 0. The van der Waals surface area contributed by atoms with Crippen molar-refractivity contribution in [3.05, 3.63) is 44.6 Å². The summed E-state index contributed by atoms with van der Waals surface area (Å²) in [5.74, 6) is 0. The molecular weight excluding hydrogens is 348 g/mol. The Bertz CT molecular complexity index is 564. The standard InChI is InChI=1S/C20H31BrSi/c1-11-12(2)16(6)19(9,15(11)5)22(21)20(10)17(7)13(3)14(4)18(20)8/h22H,1-10H3. The maximum absolute atomic E-state index is 4.32. The Labute approximate surface area is 146 Å². The van der Waals surface area contributed by atoms with Gasteiger partial charge in [-0.05, 0) is 77.7 Å². The Balaban J connectivity index is 2.66. The molecule has 0 aromatic carbocycles. The largest absolute Gasteiger partial charge is 0.142 e. The van der Waals surface area contributed by atoms with Crippen LogP contribution in [0.4, 0.5) is 0 Å². The van der Waals surface area contributed by atoms with E-state index < -0.39 is 7.42 Å². The van der Waals surface area contributed by atoms with Crippen LogP contribution in [-0.4, -0.2) is 7.42 Å². The lowest BCUT2D eigenvalue weighted by molar-refractivity contribution is 0.742. The van der Waals surface area contributed by atoms with Crippen LogP contribution >= 0.6 is 15.3 Å². The maximum atomic E-state index is 4.32. The number of allylic oxidation sites excluding steroid dienone is 8. The highest BCUT2D eigenvalue weighted by Crippen LogP contribution is 2.66. The summed E-state index contributed by atoms with van der Waals surface area (Å²) >= 11 is 4.32. The van der Waals surface area contributed by atoms with E-state index in [1.807, 2.05) is 0 Å². The van der Waals surface area contributed by atoms with Crippen LogP contribution in [0, 0.1) is 0 Å². The predicted octanol–water partition coefficient (Wildman–Crippen LogP) is 7.00. The fourth-order valence-electron chi connectivity index (χ4n) is 4.58. The topological polar surface area (TPSA) is 0 Å². The zero-order chi connectivity index (χ0) is 17.2. The fraction of sp³-hybridized carbons (Fsp3) is 0.600. The van der Waals surface area contributed by atoms with Gasteiger partial charge in [-0.2, -0.15) is 0 Å². The van der Waals surface area contributed by atoms with Crippen molar-refractivity contribution in [1.82, 2.24) is 0 Å². The van der Waals surface area contributed by atoms with Gasteiger partial charge in [-0.1, -0.05) is 36.1 Å². The average molecular weight is 379 g/mol. The van der Waals surface area contributed by atoms with Gasteiger partial charge in [0.2, 0.25) is 0 Å². The van der Waals surface area contributed by atoms with E-state index in [1.54, 1.807) is 22.3 Å². The van der Waals surface area contributed by atoms with Crippen molar-refractivity contribution >= 4 is 22.7 Å². The molecule has 0 unspecified atom stereocenters. The minimum atomic E-state index is -1.34. The molecule has 0 N–H and O–H groups in total. The summed E-state index contributed by atoms with van der Waals surface area (Å²) in [6.45, 7) is 23.6. The molecule has 2 rings (SSSR count). The lowest BCUT2D eigenvalue weighted by Crippen LogP contribution is -2.38. The molecule has 0 aromatic heterocycles. The summed E-state index contributed by atoms with van der Waals surface area (Å²) in [5.41, 5.74) is 12.4. The molecule has 0 spiro atoms. The van der Waals surface area contributed by atoms with Crippen molar-refractivity contribution in [2.75, 3.05) is 0 Å². The van der Waals surface area contributed by atoms with E-state index in [0.29, 0.717) is 0 Å². The second-order valence-electron chi connectivity index (χ2n) is 7.77. The lowest BCUT2D eigenvalue weighted by Gasteiger charge is -2.44. The molecule has 0 aromatic rings. The quantitative estimate of drug-likeness (QED) is 0.358. The number of hydrogen-bond donors (Lipinski definition) is 0. The van der Waals surface area contributed by atoms with Gasteiger partial charge >= 0.3 is 0 Å². The van der Waals surface area contributed by atoms with Gasteiger partial charge in [0, 0.05) is 10.1 Å². The van der Waals surface area contributed by atoms with Crippen LogP contribution in [0.3, 0.4) is 0 Å². The first-order valence-corrected chi connectivity index (χ1v) is 12.6. The maximum Gasteiger partial charge on any atom is 0.142 e. The molecule has 2 heteroatoms. The van der Waals surface area contributed by atoms with Crippen molar-refractivity contribution in [1.29, 1.82) is 0 Å². The number of rotatable bonds is 2. The summed E-state index contributed by atoms with van der Waals surface area (Å²) in [7, 11) is -1.34. The molecule has 2 aliphatic rings. The zero-order valence-electron chi connectivity index (χ0n) is 16.0. The lowest BCUT2D eigenvalue weighted by atomic mass is 9.96. The van der Waals surface area contributed by atoms with Gasteiger partial charge in [0.15, 0.2) is 0 Å².